The fraction of sp³-hybridized carbons (Fsp3) is 0.538. The van der Waals surface area contributed by atoms with E-state index in [1.165, 1.54) is 10.6 Å². The third-order valence-corrected chi connectivity index (χ3v) is 2.98. The van der Waals surface area contributed by atoms with E-state index < -0.39 is 0 Å². The number of hydrogen-bond donors (Lipinski definition) is 0. The number of carbonyl (C=O) groups is 1. The smallest absolute Gasteiger partial charge is 0.250 e. The first kappa shape index (κ1) is 12.8. The molecule has 2 atom stereocenters. The Balaban J connectivity index is 2.04. The van der Waals surface area contributed by atoms with Gasteiger partial charge in [-0.15, -0.1) is 0 Å². The fourth-order valence-corrected chi connectivity index (χ4v) is 2.22. The van der Waals surface area contributed by atoms with E-state index in [9.17, 15) is 9.59 Å². The Labute approximate surface area is 106 Å². The van der Waals surface area contributed by atoms with Crippen molar-refractivity contribution >= 4 is 5.91 Å². The zero-order chi connectivity index (χ0) is 13.1. The van der Waals surface area contributed by atoms with E-state index in [-0.39, 0.29) is 30.2 Å². The molecule has 1 saturated heterocycles. The Hall–Kier alpha value is -1.62. The molecular formula is C13H18N2O3. The van der Waals surface area contributed by atoms with Crippen LogP contribution in [-0.4, -0.2) is 40.7 Å². The lowest BCUT2D eigenvalue weighted by atomic mass is 10.2. The zero-order valence-corrected chi connectivity index (χ0v) is 10.7. The minimum atomic E-state index is -0.153. The van der Waals surface area contributed by atoms with E-state index in [4.69, 9.17) is 4.74 Å². The molecule has 1 aromatic heterocycles. The van der Waals surface area contributed by atoms with Crippen LogP contribution in [0.25, 0.3) is 0 Å². The van der Waals surface area contributed by atoms with Crippen LogP contribution in [0.15, 0.2) is 29.2 Å². The van der Waals surface area contributed by atoms with Crippen LogP contribution >= 0.6 is 0 Å². The van der Waals surface area contributed by atoms with E-state index in [1.807, 2.05) is 13.8 Å². The molecule has 1 aliphatic heterocycles. The molecule has 1 amide bonds. The molecule has 0 N–H and O–H groups in total. The average Bonchev–Trinajstić information content (AvgIpc) is 2.31. The quantitative estimate of drug-likeness (QED) is 0.767. The molecule has 5 heteroatoms. The lowest BCUT2D eigenvalue weighted by molar-refractivity contribution is -0.143. The number of rotatable bonds is 2. The number of nitrogens with zero attached hydrogens (tertiary/aromatic N) is 2. The lowest BCUT2D eigenvalue weighted by Crippen LogP contribution is -2.49. The Bertz CT molecular complexity index is 473. The van der Waals surface area contributed by atoms with Crippen molar-refractivity contribution < 1.29 is 9.53 Å². The van der Waals surface area contributed by atoms with Gasteiger partial charge in [-0.1, -0.05) is 6.07 Å². The first-order valence-corrected chi connectivity index (χ1v) is 6.15. The van der Waals surface area contributed by atoms with Crippen LogP contribution in [-0.2, 0) is 16.1 Å². The van der Waals surface area contributed by atoms with E-state index in [0.717, 1.165) is 0 Å². The molecule has 2 rings (SSSR count). The van der Waals surface area contributed by atoms with Gasteiger partial charge in [0.15, 0.2) is 0 Å². The second-order valence-corrected chi connectivity index (χ2v) is 4.72. The highest BCUT2D eigenvalue weighted by atomic mass is 16.5. The summed E-state index contributed by atoms with van der Waals surface area (Å²) >= 11 is 0. The molecule has 0 aromatic carbocycles. The van der Waals surface area contributed by atoms with Crippen molar-refractivity contribution in [1.29, 1.82) is 0 Å². The summed E-state index contributed by atoms with van der Waals surface area (Å²) in [4.78, 5) is 25.4. The van der Waals surface area contributed by atoms with Gasteiger partial charge in [-0.3, -0.25) is 9.59 Å². The summed E-state index contributed by atoms with van der Waals surface area (Å²) in [5, 5.41) is 0. The molecule has 2 heterocycles. The maximum absolute atomic E-state index is 12.1. The van der Waals surface area contributed by atoms with Crippen molar-refractivity contribution in [3.8, 4) is 0 Å². The number of morpholine rings is 1. The summed E-state index contributed by atoms with van der Waals surface area (Å²) in [6, 6.07) is 4.87. The van der Waals surface area contributed by atoms with Crippen molar-refractivity contribution in [3.05, 3.63) is 34.7 Å². The predicted octanol–water partition coefficient (Wildman–Crippen LogP) is 0.484. The number of hydrogen-bond acceptors (Lipinski definition) is 3. The predicted molar refractivity (Wildman–Crippen MR) is 67.3 cm³/mol. The third-order valence-electron chi connectivity index (χ3n) is 2.98. The summed E-state index contributed by atoms with van der Waals surface area (Å²) < 4.78 is 7.00. The van der Waals surface area contributed by atoms with Gasteiger partial charge in [-0.25, -0.2) is 0 Å². The number of amides is 1. The highest BCUT2D eigenvalue weighted by Crippen LogP contribution is 2.10. The Morgan fingerprint density at radius 1 is 1.33 bits per heavy atom. The monoisotopic (exact) mass is 250 g/mol. The summed E-state index contributed by atoms with van der Waals surface area (Å²) in [6.07, 6.45) is 1.73. The molecular weight excluding hydrogens is 232 g/mol. The fourth-order valence-electron chi connectivity index (χ4n) is 2.22. The van der Waals surface area contributed by atoms with Gasteiger partial charge in [0.1, 0.15) is 6.54 Å². The number of aromatic nitrogens is 1. The van der Waals surface area contributed by atoms with Crippen molar-refractivity contribution in [2.45, 2.75) is 32.6 Å². The van der Waals surface area contributed by atoms with Crippen LogP contribution in [0.3, 0.4) is 0 Å². The molecule has 5 nitrogen and oxygen atoms in total. The van der Waals surface area contributed by atoms with Gasteiger partial charge < -0.3 is 14.2 Å². The van der Waals surface area contributed by atoms with Gasteiger partial charge in [0.25, 0.3) is 5.56 Å². The maximum atomic E-state index is 12.1. The molecule has 0 spiro atoms. The first-order chi connectivity index (χ1) is 8.56. The Kier molecular flexibility index (Phi) is 3.81. The molecule has 0 aliphatic carbocycles. The van der Waals surface area contributed by atoms with Crippen molar-refractivity contribution in [2.75, 3.05) is 13.1 Å². The van der Waals surface area contributed by atoms with E-state index in [2.05, 4.69) is 0 Å². The highest BCUT2D eigenvalue weighted by molar-refractivity contribution is 5.76. The van der Waals surface area contributed by atoms with Crippen LogP contribution in [0.5, 0.6) is 0 Å². The molecule has 1 aliphatic rings. The van der Waals surface area contributed by atoms with Crippen LogP contribution in [0.4, 0.5) is 0 Å². The number of ether oxygens (including phenoxy) is 1. The molecule has 2 unspecified atom stereocenters. The van der Waals surface area contributed by atoms with Gasteiger partial charge in [-0.2, -0.15) is 0 Å². The molecule has 0 bridgehead atoms. The molecule has 18 heavy (non-hydrogen) atoms. The van der Waals surface area contributed by atoms with Crippen LogP contribution in [0, 0.1) is 0 Å². The SMILES string of the molecule is CC1CN(C(=O)Cn2ccccc2=O)CC(C)O1. The third kappa shape index (κ3) is 2.98. The molecule has 0 radical (unpaired) electrons. The molecule has 1 aromatic rings. The van der Waals surface area contributed by atoms with Gasteiger partial charge in [0, 0.05) is 25.4 Å². The molecule has 0 saturated carbocycles. The minimum Gasteiger partial charge on any atom is -0.372 e. The van der Waals surface area contributed by atoms with E-state index >= 15 is 0 Å². The summed E-state index contributed by atoms with van der Waals surface area (Å²) in [7, 11) is 0. The highest BCUT2D eigenvalue weighted by Gasteiger charge is 2.25. The summed E-state index contributed by atoms with van der Waals surface area (Å²) in [6.45, 7) is 5.17. The minimum absolute atomic E-state index is 0.0368. The van der Waals surface area contributed by atoms with Crippen molar-refractivity contribution in [1.82, 2.24) is 9.47 Å². The van der Waals surface area contributed by atoms with E-state index in [1.54, 1.807) is 23.2 Å². The number of pyridine rings is 1. The second-order valence-electron chi connectivity index (χ2n) is 4.72. The molecule has 1 fully saturated rings. The Morgan fingerprint density at radius 3 is 2.61 bits per heavy atom. The summed E-state index contributed by atoms with van der Waals surface area (Å²) in [5.74, 6) is -0.0368. The second kappa shape index (κ2) is 5.35. The maximum Gasteiger partial charge on any atom is 0.250 e. The van der Waals surface area contributed by atoms with Crippen LogP contribution in [0.1, 0.15) is 13.8 Å². The summed E-state index contributed by atoms with van der Waals surface area (Å²) in [5.41, 5.74) is -0.153. The van der Waals surface area contributed by atoms with Crippen molar-refractivity contribution in [2.24, 2.45) is 0 Å². The Morgan fingerprint density at radius 2 is 2.00 bits per heavy atom. The number of carbonyl (C=O) groups excluding carboxylic acids is 1. The standard InChI is InChI=1S/C13H18N2O3/c1-10-7-15(8-11(2)18-10)13(17)9-14-6-4-3-5-12(14)16/h3-6,10-11H,7-9H2,1-2H3. The normalized spacial score (nSPS) is 24.0. The average molecular weight is 250 g/mol. The van der Waals surface area contributed by atoms with E-state index in [0.29, 0.717) is 13.1 Å². The van der Waals surface area contributed by atoms with Crippen molar-refractivity contribution in [3.63, 3.8) is 0 Å². The van der Waals surface area contributed by atoms with Gasteiger partial charge in [-0.05, 0) is 19.9 Å². The van der Waals surface area contributed by atoms with Gasteiger partial charge in [0.2, 0.25) is 5.91 Å². The topological polar surface area (TPSA) is 51.5 Å². The first-order valence-electron chi connectivity index (χ1n) is 6.15. The zero-order valence-electron chi connectivity index (χ0n) is 10.7. The van der Waals surface area contributed by atoms with Crippen LogP contribution < -0.4 is 5.56 Å². The van der Waals surface area contributed by atoms with Gasteiger partial charge in [0.05, 0.1) is 12.2 Å². The van der Waals surface area contributed by atoms with Gasteiger partial charge >= 0.3 is 0 Å². The van der Waals surface area contributed by atoms with Crippen LogP contribution in [0.2, 0.25) is 0 Å². The largest absolute Gasteiger partial charge is 0.372 e. The lowest BCUT2D eigenvalue weighted by Gasteiger charge is -2.35. The molecule has 98 valence electrons.